The second kappa shape index (κ2) is 7.96. The van der Waals surface area contributed by atoms with Crippen molar-refractivity contribution in [2.45, 2.75) is 19.5 Å². The average molecular weight is 449 g/mol. The zero-order valence-corrected chi connectivity index (χ0v) is 19.0. The zero-order valence-electron chi connectivity index (χ0n) is 19.0. The van der Waals surface area contributed by atoms with Gasteiger partial charge in [0, 0.05) is 27.6 Å². The number of carbonyl (C=O) groups is 1. The fourth-order valence-electron chi connectivity index (χ4n) is 5.04. The summed E-state index contributed by atoms with van der Waals surface area (Å²) in [6.45, 7) is 2.31. The molecule has 6 rings (SSSR count). The summed E-state index contributed by atoms with van der Waals surface area (Å²) >= 11 is 0. The topological polar surface area (TPSA) is 58.5 Å². The largest absolute Gasteiger partial charge is 0.497 e. The molecule has 5 heteroatoms. The monoisotopic (exact) mass is 448 g/mol. The second-order valence-electron chi connectivity index (χ2n) is 8.63. The summed E-state index contributed by atoms with van der Waals surface area (Å²) in [5.41, 5.74) is 5.83. The van der Waals surface area contributed by atoms with Gasteiger partial charge in [-0.3, -0.25) is 4.79 Å². The van der Waals surface area contributed by atoms with E-state index in [1.807, 2.05) is 72.5 Å². The number of H-pyrrole nitrogens is 1. The standard InChI is InChI=1S/C29H24N2O3/c1-18-14-15-21(34-18)17-31-28(22-10-3-4-11-23(22)29(31)32)26-24-12-5-6-13-25(24)30-27(26)19-8-7-9-20(16-19)33-2/h3-16,28,30H,17H2,1-2H3/t28-/m1/s1. The molecule has 1 N–H and O–H groups in total. The molecule has 2 aromatic heterocycles. The van der Waals surface area contributed by atoms with Gasteiger partial charge in [-0.2, -0.15) is 0 Å². The minimum atomic E-state index is -0.258. The molecule has 5 nitrogen and oxygen atoms in total. The van der Waals surface area contributed by atoms with Crippen LogP contribution in [0.3, 0.4) is 0 Å². The van der Waals surface area contributed by atoms with E-state index in [9.17, 15) is 4.79 Å². The number of aromatic nitrogens is 1. The number of nitrogens with zero attached hydrogens (tertiary/aromatic N) is 1. The van der Waals surface area contributed by atoms with Gasteiger partial charge in [-0.1, -0.05) is 48.5 Å². The Morgan fingerprint density at radius 1 is 0.971 bits per heavy atom. The van der Waals surface area contributed by atoms with E-state index in [1.54, 1.807) is 7.11 Å². The lowest BCUT2D eigenvalue weighted by Gasteiger charge is -2.26. The van der Waals surface area contributed by atoms with Crippen molar-refractivity contribution < 1.29 is 13.9 Å². The molecule has 0 radical (unpaired) electrons. The highest BCUT2D eigenvalue weighted by atomic mass is 16.5. The summed E-state index contributed by atoms with van der Waals surface area (Å²) < 4.78 is 11.4. The Morgan fingerprint density at radius 3 is 2.62 bits per heavy atom. The smallest absolute Gasteiger partial charge is 0.255 e. The predicted octanol–water partition coefficient (Wildman–Crippen LogP) is 6.49. The van der Waals surface area contributed by atoms with E-state index in [0.717, 1.165) is 56.1 Å². The fourth-order valence-corrected chi connectivity index (χ4v) is 5.04. The van der Waals surface area contributed by atoms with Crippen LogP contribution in [0.1, 0.15) is 39.0 Å². The summed E-state index contributed by atoms with van der Waals surface area (Å²) in [4.78, 5) is 19.2. The quantitative estimate of drug-likeness (QED) is 0.334. The van der Waals surface area contributed by atoms with Crippen LogP contribution in [-0.4, -0.2) is 22.9 Å². The Balaban J connectivity index is 1.60. The van der Waals surface area contributed by atoms with Crippen molar-refractivity contribution in [3.63, 3.8) is 0 Å². The Hall–Kier alpha value is -4.25. The second-order valence-corrected chi connectivity index (χ2v) is 8.63. The van der Waals surface area contributed by atoms with Crippen molar-refractivity contribution in [1.29, 1.82) is 0 Å². The maximum absolute atomic E-state index is 13.7. The molecule has 1 aliphatic heterocycles. The van der Waals surface area contributed by atoms with Gasteiger partial charge in [0.25, 0.3) is 5.91 Å². The molecule has 3 heterocycles. The van der Waals surface area contributed by atoms with Gasteiger partial charge < -0.3 is 19.0 Å². The summed E-state index contributed by atoms with van der Waals surface area (Å²) in [6.07, 6.45) is 0. The third-order valence-electron chi connectivity index (χ3n) is 6.56. The van der Waals surface area contributed by atoms with Crippen LogP contribution >= 0.6 is 0 Å². The van der Waals surface area contributed by atoms with E-state index in [1.165, 1.54) is 0 Å². The molecule has 0 unspecified atom stereocenters. The molecule has 168 valence electrons. The van der Waals surface area contributed by atoms with Gasteiger partial charge in [-0.05, 0) is 48.9 Å². The summed E-state index contributed by atoms with van der Waals surface area (Å²) in [6, 6.07) is 27.8. The maximum Gasteiger partial charge on any atom is 0.255 e. The number of ether oxygens (including phenoxy) is 1. The van der Waals surface area contributed by atoms with Gasteiger partial charge in [0.2, 0.25) is 0 Å². The molecular formula is C29H24N2O3. The molecule has 0 bridgehead atoms. The number of benzene rings is 3. The summed E-state index contributed by atoms with van der Waals surface area (Å²) in [5.74, 6) is 2.40. The normalized spacial score (nSPS) is 15.2. The molecule has 0 saturated carbocycles. The zero-order chi connectivity index (χ0) is 23.2. The van der Waals surface area contributed by atoms with E-state index in [-0.39, 0.29) is 11.9 Å². The number of furan rings is 1. The van der Waals surface area contributed by atoms with Crippen LogP contribution in [0, 0.1) is 6.92 Å². The number of aryl methyl sites for hydroxylation is 1. The van der Waals surface area contributed by atoms with Crippen molar-refractivity contribution in [3.05, 3.63) is 113 Å². The van der Waals surface area contributed by atoms with Crippen LogP contribution in [0.15, 0.2) is 89.3 Å². The van der Waals surface area contributed by atoms with Crippen molar-refractivity contribution in [3.8, 4) is 17.0 Å². The number of methoxy groups -OCH3 is 1. The summed E-state index contributed by atoms with van der Waals surface area (Å²) in [7, 11) is 1.67. The first-order chi connectivity index (χ1) is 16.6. The van der Waals surface area contributed by atoms with Crippen LogP contribution in [0.4, 0.5) is 0 Å². The first-order valence-electron chi connectivity index (χ1n) is 11.3. The van der Waals surface area contributed by atoms with E-state index in [4.69, 9.17) is 9.15 Å². The Kier molecular flexibility index (Phi) is 4.77. The lowest BCUT2D eigenvalue weighted by atomic mass is 9.93. The van der Waals surface area contributed by atoms with Crippen molar-refractivity contribution in [1.82, 2.24) is 9.88 Å². The third kappa shape index (κ3) is 3.20. The number of hydrogen-bond donors (Lipinski definition) is 1. The SMILES string of the molecule is COc1cccc(-c2[nH]c3ccccc3c2[C@H]2c3ccccc3C(=O)N2Cc2ccc(C)o2)c1. The van der Waals surface area contributed by atoms with Crippen LogP contribution in [-0.2, 0) is 6.54 Å². The Bertz CT molecular complexity index is 1530. The van der Waals surface area contributed by atoms with E-state index in [2.05, 4.69) is 29.2 Å². The predicted molar refractivity (Wildman–Crippen MR) is 132 cm³/mol. The minimum Gasteiger partial charge on any atom is -0.497 e. The Labute approximate surface area is 197 Å². The molecule has 0 saturated heterocycles. The van der Waals surface area contributed by atoms with E-state index < -0.39 is 0 Å². The minimum absolute atomic E-state index is 0.0107. The van der Waals surface area contributed by atoms with Crippen LogP contribution in [0.5, 0.6) is 5.75 Å². The Morgan fingerprint density at radius 2 is 1.79 bits per heavy atom. The van der Waals surface area contributed by atoms with Gasteiger partial charge in [0.1, 0.15) is 17.3 Å². The lowest BCUT2D eigenvalue weighted by molar-refractivity contribution is 0.0723. The number of amides is 1. The van der Waals surface area contributed by atoms with Gasteiger partial charge in [-0.15, -0.1) is 0 Å². The number of fused-ring (bicyclic) bond motifs is 2. The van der Waals surface area contributed by atoms with Gasteiger partial charge >= 0.3 is 0 Å². The highest BCUT2D eigenvalue weighted by Crippen LogP contribution is 2.46. The first-order valence-corrected chi connectivity index (χ1v) is 11.3. The van der Waals surface area contributed by atoms with E-state index in [0.29, 0.717) is 6.54 Å². The number of rotatable bonds is 5. The highest BCUT2D eigenvalue weighted by molar-refractivity contribution is 6.02. The first kappa shape index (κ1) is 20.4. The molecule has 0 fully saturated rings. The molecule has 1 atom stereocenters. The van der Waals surface area contributed by atoms with Crippen LogP contribution in [0.2, 0.25) is 0 Å². The van der Waals surface area contributed by atoms with E-state index >= 15 is 0 Å². The van der Waals surface area contributed by atoms with Crippen molar-refractivity contribution >= 4 is 16.8 Å². The molecule has 3 aromatic carbocycles. The van der Waals surface area contributed by atoms with Crippen LogP contribution < -0.4 is 4.74 Å². The molecule has 34 heavy (non-hydrogen) atoms. The van der Waals surface area contributed by atoms with Gasteiger partial charge in [-0.25, -0.2) is 0 Å². The third-order valence-corrected chi connectivity index (χ3v) is 6.56. The molecular weight excluding hydrogens is 424 g/mol. The van der Waals surface area contributed by atoms with Gasteiger partial charge in [0.15, 0.2) is 0 Å². The summed E-state index contributed by atoms with van der Waals surface area (Å²) in [5, 5.41) is 1.09. The number of carbonyl (C=O) groups excluding carboxylic acids is 1. The van der Waals surface area contributed by atoms with Gasteiger partial charge in [0.05, 0.1) is 25.4 Å². The number of para-hydroxylation sites is 1. The van der Waals surface area contributed by atoms with Crippen molar-refractivity contribution in [2.24, 2.45) is 0 Å². The average Bonchev–Trinajstić information content (AvgIpc) is 3.54. The number of aromatic amines is 1. The molecule has 1 amide bonds. The number of hydrogen-bond acceptors (Lipinski definition) is 3. The molecule has 0 spiro atoms. The highest BCUT2D eigenvalue weighted by Gasteiger charge is 2.40. The van der Waals surface area contributed by atoms with Crippen LogP contribution in [0.25, 0.3) is 22.2 Å². The number of nitrogens with one attached hydrogen (secondary N) is 1. The van der Waals surface area contributed by atoms with Crippen molar-refractivity contribution in [2.75, 3.05) is 7.11 Å². The molecule has 1 aliphatic rings. The molecule has 5 aromatic rings. The lowest BCUT2D eigenvalue weighted by Crippen LogP contribution is -2.28. The molecule has 0 aliphatic carbocycles. The fraction of sp³-hybridized carbons (Fsp3) is 0.138. The maximum atomic E-state index is 13.7.